The second-order valence-electron chi connectivity index (χ2n) is 9.65. The highest BCUT2D eigenvalue weighted by atomic mass is 16.5. The predicted molar refractivity (Wildman–Crippen MR) is 147 cm³/mol. The van der Waals surface area contributed by atoms with Crippen molar-refractivity contribution in [1.29, 1.82) is 0 Å². The van der Waals surface area contributed by atoms with Crippen LogP contribution in [-0.4, -0.2) is 54.6 Å². The molecule has 1 fully saturated rings. The third kappa shape index (κ3) is 4.37. The Labute approximate surface area is 225 Å². The largest absolute Gasteiger partial charge is 0.507 e. The summed E-state index contributed by atoms with van der Waals surface area (Å²) in [5.74, 6) is 1.07. The molecule has 0 spiro atoms. The number of hydrogen-bond acceptors (Lipinski definition) is 7. The summed E-state index contributed by atoms with van der Waals surface area (Å²) in [6.07, 6.45) is 6.26. The topological polar surface area (TPSA) is 131 Å². The molecular formula is C29H29N7O3. The van der Waals surface area contributed by atoms with Gasteiger partial charge in [0.25, 0.3) is 5.91 Å². The molecule has 1 saturated carbocycles. The number of phenolic OH excluding ortho intramolecular Hbond substituents is 1. The van der Waals surface area contributed by atoms with Crippen molar-refractivity contribution < 1.29 is 14.6 Å². The molecule has 10 nitrogen and oxygen atoms in total. The molecule has 0 aliphatic heterocycles. The zero-order chi connectivity index (χ0) is 26.9. The van der Waals surface area contributed by atoms with E-state index in [1.165, 1.54) is 12.8 Å². The molecule has 2 aromatic carbocycles. The van der Waals surface area contributed by atoms with Gasteiger partial charge in [-0.1, -0.05) is 25.0 Å². The lowest BCUT2D eigenvalue weighted by atomic mass is 9.99. The number of methoxy groups -OCH3 is 1. The molecule has 39 heavy (non-hydrogen) atoms. The standard InChI is InChI=1S/C29H29N7O3/c1-3-30-28(38)27-35-34-26(22-15-21-23(16-24(22)37)32-33-25(21)18-7-4-5-8-18)36(27)19-12-10-17(11-13-19)20-9-6-14-31-29(20)39-2/h6,9-16,18,37H,3-5,7-8H2,1-2H3,(H,30,38)(H,32,33). The molecule has 0 radical (unpaired) electrons. The molecule has 10 heteroatoms. The minimum Gasteiger partial charge on any atom is -0.507 e. The summed E-state index contributed by atoms with van der Waals surface area (Å²) in [5.41, 5.74) is 4.68. The number of aromatic nitrogens is 6. The first-order valence-corrected chi connectivity index (χ1v) is 13.1. The van der Waals surface area contributed by atoms with Gasteiger partial charge in [0.05, 0.1) is 23.9 Å². The Kier molecular flexibility index (Phi) is 6.44. The summed E-state index contributed by atoms with van der Waals surface area (Å²) in [6, 6.07) is 15.0. The van der Waals surface area contributed by atoms with E-state index < -0.39 is 0 Å². The summed E-state index contributed by atoms with van der Waals surface area (Å²) >= 11 is 0. The molecule has 1 aliphatic rings. The fourth-order valence-electron chi connectivity index (χ4n) is 5.42. The smallest absolute Gasteiger partial charge is 0.289 e. The number of fused-ring (bicyclic) bond motifs is 1. The number of H-pyrrole nitrogens is 1. The molecule has 0 atom stereocenters. The number of carbonyl (C=O) groups is 1. The maximum absolute atomic E-state index is 13.0. The Morgan fingerprint density at radius 1 is 1.13 bits per heavy atom. The van der Waals surface area contributed by atoms with E-state index in [0.29, 0.717) is 35.4 Å². The van der Waals surface area contributed by atoms with Crippen molar-refractivity contribution in [3.8, 4) is 39.8 Å². The predicted octanol–water partition coefficient (Wildman–Crippen LogP) is 4.99. The third-order valence-electron chi connectivity index (χ3n) is 7.30. The summed E-state index contributed by atoms with van der Waals surface area (Å²) < 4.78 is 7.09. The summed E-state index contributed by atoms with van der Waals surface area (Å²) in [4.78, 5) is 17.3. The van der Waals surface area contributed by atoms with Gasteiger partial charge in [0.2, 0.25) is 11.7 Å². The number of nitrogens with zero attached hydrogens (tertiary/aromatic N) is 5. The fourth-order valence-corrected chi connectivity index (χ4v) is 5.42. The normalized spacial score (nSPS) is 13.7. The minimum atomic E-state index is -0.357. The van der Waals surface area contributed by atoms with Crippen LogP contribution in [0.1, 0.15) is 54.8 Å². The Morgan fingerprint density at radius 3 is 2.67 bits per heavy atom. The molecule has 1 aliphatic carbocycles. The zero-order valence-electron chi connectivity index (χ0n) is 21.8. The van der Waals surface area contributed by atoms with Gasteiger partial charge in [-0.25, -0.2) is 4.98 Å². The molecule has 3 N–H and O–H groups in total. The Balaban J connectivity index is 1.49. The van der Waals surface area contributed by atoms with Crippen LogP contribution in [0.25, 0.3) is 39.1 Å². The average Bonchev–Trinajstić information content (AvgIpc) is 3.72. The van der Waals surface area contributed by atoms with Crippen molar-refractivity contribution in [3.63, 3.8) is 0 Å². The van der Waals surface area contributed by atoms with Crippen LogP contribution in [-0.2, 0) is 0 Å². The summed E-state index contributed by atoms with van der Waals surface area (Å²) in [6.45, 7) is 2.29. The third-order valence-corrected chi connectivity index (χ3v) is 7.30. The number of phenols is 1. The molecule has 198 valence electrons. The van der Waals surface area contributed by atoms with E-state index in [1.54, 1.807) is 23.9 Å². The highest BCUT2D eigenvalue weighted by molar-refractivity contribution is 5.93. The number of aromatic amines is 1. The van der Waals surface area contributed by atoms with E-state index in [4.69, 9.17) is 4.74 Å². The van der Waals surface area contributed by atoms with Crippen LogP contribution in [0.2, 0.25) is 0 Å². The second kappa shape index (κ2) is 10.2. The fraction of sp³-hybridized carbons (Fsp3) is 0.276. The highest BCUT2D eigenvalue weighted by Crippen LogP contribution is 2.40. The van der Waals surface area contributed by atoms with Crippen LogP contribution in [0, 0.1) is 0 Å². The van der Waals surface area contributed by atoms with Crippen LogP contribution in [0.3, 0.4) is 0 Å². The quantitative estimate of drug-likeness (QED) is 0.274. The van der Waals surface area contributed by atoms with E-state index in [-0.39, 0.29) is 17.5 Å². The van der Waals surface area contributed by atoms with E-state index in [2.05, 4.69) is 30.7 Å². The van der Waals surface area contributed by atoms with E-state index in [1.807, 2.05) is 49.4 Å². The van der Waals surface area contributed by atoms with Crippen LogP contribution in [0.4, 0.5) is 0 Å². The Bertz CT molecular complexity index is 1650. The zero-order valence-corrected chi connectivity index (χ0v) is 21.8. The van der Waals surface area contributed by atoms with Gasteiger partial charge >= 0.3 is 0 Å². The van der Waals surface area contributed by atoms with Gasteiger partial charge in [-0.05, 0) is 55.7 Å². The molecular weight excluding hydrogens is 494 g/mol. The van der Waals surface area contributed by atoms with Crippen molar-refractivity contribution >= 4 is 16.8 Å². The first kappa shape index (κ1) is 24.6. The minimum absolute atomic E-state index is 0.0249. The maximum Gasteiger partial charge on any atom is 0.289 e. The van der Waals surface area contributed by atoms with Gasteiger partial charge in [0.15, 0.2) is 5.82 Å². The first-order valence-electron chi connectivity index (χ1n) is 13.1. The number of rotatable bonds is 7. The lowest BCUT2D eigenvalue weighted by molar-refractivity contribution is 0.0943. The molecule has 6 rings (SSSR count). The summed E-state index contributed by atoms with van der Waals surface area (Å²) in [5, 5.41) is 31.1. The number of aromatic hydroxyl groups is 1. The van der Waals surface area contributed by atoms with Crippen LogP contribution in [0.5, 0.6) is 11.6 Å². The average molecular weight is 524 g/mol. The Morgan fingerprint density at radius 2 is 1.92 bits per heavy atom. The molecule has 5 aromatic rings. The molecule has 3 aromatic heterocycles. The van der Waals surface area contributed by atoms with E-state index in [0.717, 1.165) is 40.6 Å². The van der Waals surface area contributed by atoms with Gasteiger partial charge in [-0.3, -0.25) is 14.5 Å². The lowest BCUT2D eigenvalue weighted by Gasteiger charge is -2.13. The number of amides is 1. The van der Waals surface area contributed by atoms with Crippen LogP contribution in [0.15, 0.2) is 54.7 Å². The molecule has 0 bridgehead atoms. The number of carbonyl (C=O) groups excluding carboxylic acids is 1. The monoisotopic (exact) mass is 523 g/mol. The van der Waals surface area contributed by atoms with Crippen LogP contribution >= 0.6 is 0 Å². The number of ether oxygens (including phenoxy) is 1. The van der Waals surface area contributed by atoms with E-state index in [9.17, 15) is 9.90 Å². The van der Waals surface area contributed by atoms with Gasteiger partial charge in [0, 0.05) is 41.4 Å². The number of nitrogens with one attached hydrogen (secondary N) is 2. The van der Waals surface area contributed by atoms with Crippen molar-refractivity contribution in [3.05, 3.63) is 66.2 Å². The molecule has 1 amide bonds. The number of benzene rings is 2. The van der Waals surface area contributed by atoms with Gasteiger partial charge < -0.3 is 15.2 Å². The van der Waals surface area contributed by atoms with Crippen molar-refractivity contribution in [1.82, 2.24) is 35.3 Å². The molecule has 3 heterocycles. The molecule has 0 unspecified atom stereocenters. The van der Waals surface area contributed by atoms with Gasteiger partial charge in [-0.15, -0.1) is 10.2 Å². The first-order chi connectivity index (χ1) is 19.1. The Hall–Kier alpha value is -4.73. The highest BCUT2D eigenvalue weighted by Gasteiger charge is 2.26. The lowest BCUT2D eigenvalue weighted by Crippen LogP contribution is -2.26. The van der Waals surface area contributed by atoms with Crippen molar-refractivity contribution in [2.75, 3.05) is 13.7 Å². The van der Waals surface area contributed by atoms with E-state index >= 15 is 0 Å². The van der Waals surface area contributed by atoms with Crippen molar-refractivity contribution in [2.45, 2.75) is 38.5 Å². The number of hydrogen-bond donors (Lipinski definition) is 3. The van der Waals surface area contributed by atoms with Crippen molar-refractivity contribution in [2.24, 2.45) is 0 Å². The van der Waals surface area contributed by atoms with Gasteiger partial charge in [0.1, 0.15) is 5.75 Å². The SMILES string of the molecule is CCNC(=O)c1nnc(-c2cc3c(C4CCCC4)n[nH]c3cc2O)n1-c1ccc(-c2cccnc2OC)cc1. The molecule has 0 saturated heterocycles. The van der Waals surface area contributed by atoms with Crippen LogP contribution < -0.4 is 10.1 Å². The number of pyridine rings is 1. The second-order valence-corrected chi connectivity index (χ2v) is 9.65. The maximum atomic E-state index is 13.0. The summed E-state index contributed by atoms with van der Waals surface area (Å²) in [7, 11) is 1.59. The van der Waals surface area contributed by atoms with Gasteiger partial charge in [-0.2, -0.15) is 5.10 Å².